The molecule has 28 heavy (non-hydrogen) atoms. The fourth-order valence-corrected chi connectivity index (χ4v) is 3.78. The van der Waals surface area contributed by atoms with Gasteiger partial charge in [0.05, 0.1) is 6.42 Å². The molecular formula is C23H27NO4. The van der Waals surface area contributed by atoms with Crippen LogP contribution in [0.4, 0.5) is 4.79 Å². The molecule has 3 rings (SSSR count). The Morgan fingerprint density at radius 3 is 2.11 bits per heavy atom. The Bertz CT molecular complexity index is 801. The molecule has 0 saturated heterocycles. The lowest BCUT2D eigenvalue weighted by atomic mass is 9.98. The number of aliphatic carboxylic acids is 1. The van der Waals surface area contributed by atoms with Gasteiger partial charge in [0.15, 0.2) is 0 Å². The molecular weight excluding hydrogens is 354 g/mol. The predicted octanol–water partition coefficient (Wildman–Crippen LogP) is 4.80. The summed E-state index contributed by atoms with van der Waals surface area (Å²) in [6.45, 7) is 4.38. The van der Waals surface area contributed by atoms with Crippen molar-refractivity contribution in [3.8, 4) is 11.1 Å². The largest absolute Gasteiger partial charge is 0.481 e. The molecule has 1 unspecified atom stereocenters. The van der Waals surface area contributed by atoms with Gasteiger partial charge in [0.25, 0.3) is 0 Å². The number of carboxylic acids is 1. The molecule has 0 aliphatic heterocycles. The minimum Gasteiger partial charge on any atom is -0.481 e. The summed E-state index contributed by atoms with van der Waals surface area (Å²) in [6.07, 6.45) is 0.809. The van der Waals surface area contributed by atoms with Crippen molar-refractivity contribution in [2.75, 3.05) is 6.61 Å². The standard InChI is InChI=1S/C23H27NO4/c1-15(2)11-12-16(13-22(25)26)24-23(27)28-14-21-19-9-5-3-7-17(19)18-8-4-6-10-20(18)21/h3-10,15-16,21H,11-14H2,1-2H3,(H,24,27)(H,25,26). The minimum absolute atomic E-state index is 0.00765. The zero-order chi connectivity index (χ0) is 20.1. The van der Waals surface area contributed by atoms with Crippen LogP contribution in [0.2, 0.25) is 0 Å². The van der Waals surface area contributed by atoms with E-state index in [2.05, 4.69) is 43.4 Å². The monoisotopic (exact) mass is 381 g/mol. The molecule has 0 aromatic heterocycles. The van der Waals surface area contributed by atoms with Crippen molar-refractivity contribution in [2.45, 2.75) is 45.1 Å². The highest BCUT2D eigenvalue weighted by atomic mass is 16.5. The second kappa shape index (κ2) is 8.91. The van der Waals surface area contributed by atoms with Gasteiger partial charge in [-0.1, -0.05) is 62.4 Å². The van der Waals surface area contributed by atoms with Gasteiger partial charge in [0, 0.05) is 12.0 Å². The number of ether oxygens (including phenoxy) is 1. The molecule has 148 valence electrons. The first kappa shape index (κ1) is 19.9. The Morgan fingerprint density at radius 1 is 1.00 bits per heavy atom. The number of benzene rings is 2. The summed E-state index contributed by atoms with van der Waals surface area (Å²) in [5, 5.41) is 11.8. The van der Waals surface area contributed by atoms with Gasteiger partial charge in [-0.25, -0.2) is 4.79 Å². The van der Waals surface area contributed by atoms with E-state index >= 15 is 0 Å². The highest BCUT2D eigenvalue weighted by Crippen LogP contribution is 2.44. The van der Waals surface area contributed by atoms with Crippen LogP contribution in [-0.4, -0.2) is 29.8 Å². The summed E-state index contributed by atoms with van der Waals surface area (Å²) in [6, 6.07) is 15.9. The SMILES string of the molecule is CC(C)CCC(CC(=O)O)NC(=O)OCC1c2ccccc2-c2ccccc21. The molecule has 0 saturated carbocycles. The third-order valence-electron chi connectivity index (χ3n) is 5.18. The van der Waals surface area contributed by atoms with Crippen molar-refractivity contribution >= 4 is 12.1 Å². The Balaban J connectivity index is 1.64. The maximum Gasteiger partial charge on any atom is 0.407 e. The predicted molar refractivity (Wildman–Crippen MR) is 108 cm³/mol. The first-order valence-corrected chi connectivity index (χ1v) is 9.79. The third kappa shape index (κ3) is 4.71. The number of carbonyl (C=O) groups is 2. The van der Waals surface area contributed by atoms with Crippen LogP contribution in [0.5, 0.6) is 0 Å². The van der Waals surface area contributed by atoms with Gasteiger partial charge in [0.1, 0.15) is 6.61 Å². The van der Waals surface area contributed by atoms with E-state index in [-0.39, 0.29) is 18.9 Å². The third-order valence-corrected chi connectivity index (χ3v) is 5.18. The van der Waals surface area contributed by atoms with E-state index in [0.29, 0.717) is 12.3 Å². The topological polar surface area (TPSA) is 75.6 Å². The Morgan fingerprint density at radius 2 is 1.57 bits per heavy atom. The molecule has 0 fully saturated rings. The van der Waals surface area contributed by atoms with Crippen LogP contribution in [0, 0.1) is 5.92 Å². The molecule has 1 amide bonds. The molecule has 5 nitrogen and oxygen atoms in total. The molecule has 1 aliphatic rings. The lowest BCUT2D eigenvalue weighted by molar-refractivity contribution is -0.137. The molecule has 1 aliphatic carbocycles. The number of hydrogen-bond acceptors (Lipinski definition) is 3. The van der Waals surface area contributed by atoms with Crippen LogP contribution in [0.1, 0.15) is 50.2 Å². The Labute approximate surface area is 165 Å². The number of carbonyl (C=O) groups excluding carboxylic acids is 1. The number of hydrogen-bond donors (Lipinski definition) is 2. The molecule has 0 spiro atoms. The summed E-state index contributed by atoms with van der Waals surface area (Å²) in [5.74, 6) is -0.486. The van der Waals surface area contributed by atoms with Crippen LogP contribution in [-0.2, 0) is 9.53 Å². The first-order chi connectivity index (χ1) is 13.5. The average molecular weight is 381 g/mol. The molecule has 0 radical (unpaired) electrons. The van der Waals surface area contributed by atoms with Crippen LogP contribution in [0.25, 0.3) is 11.1 Å². The first-order valence-electron chi connectivity index (χ1n) is 9.79. The molecule has 1 atom stereocenters. The van der Waals surface area contributed by atoms with E-state index < -0.39 is 18.1 Å². The van der Waals surface area contributed by atoms with Gasteiger partial charge in [-0.05, 0) is 41.0 Å². The van der Waals surface area contributed by atoms with E-state index in [0.717, 1.165) is 17.5 Å². The van der Waals surface area contributed by atoms with Crippen molar-refractivity contribution < 1.29 is 19.4 Å². The van der Waals surface area contributed by atoms with Gasteiger partial charge in [-0.3, -0.25) is 4.79 Å². The number of fused-ring (bicyclic) bond motifs is 3. The fourth-order valence-electron chi connectivity index (χ4n) is 3.78. The van der Waals surface area contributed by atoms with Gasteiger partial charge >= 0.3 is 12.1 Å². The van der Waals surface area contributed by atoms with Crippen molar-refractivity contribution in [2.24, 2.45) is 5.92 Å². The summed E-state index contributed by atoms with van der Waals surface area (Å²) >= 11 is 0. The number of alkyl carbamates (subject to hydrolysis) is 1. The van der Waals surface area contributed by atoms with Crippen molar-refractivity contribution in [1.29, 1.82) is 0 Å². The Hall–Kier alpha value is -2.82. The molecule has 0 bridgehead atoms. The maximum absolute atomic E-state index is 12.3. The second-order valence-electron chi connectivity index (χ2n) is 7.74. The number of nitrogens with one attached hydrogen (secondary N) is 1. The fraction of sp³-hybridized carbons (Fsp3) is 0.391. The minimum atomic E-state index is -0.923. The summed E-state index contributed by atoms with van der Waals surface area (Å²) in [7, 11) is 0. The zero-order valence-electron chi connectivity index (χ0n) is 16.4. The highest BCUT2D eigenvalue weighted by Gasteiger charge is 2.29. The van der Waals surface area contributed by atoms with Gasteiger partial charge in [-0.15, -0.1) is 0 Å². The number of rotatable bonds is 8. The molecule has 2 aromatic carbocycles. The van der Waals surface area contributed by atoms with Crippen LogP contribution in [0.15, 0.2) is 48.5 Å². The van der Waals surface area contributed by atoms with E-state index in [1.165, 1.54) is 11.1 Å². The van der Waals surface area contributed by atoms with E-state index in [1.54, 1.807) is 0 Å². The number of amides is 1. The van der Waals surface area contributed by atoms with Crippen molar-refractivity contribution in [1.82, 2.24) is 5.32 Å². The van der Waals surface area contributed by atoms with Crippen LogP contribution in [0.3, 0.4) is 0 Å². The van der Waals surface area contributed by atoms with Gasteiger partial charge in [0.2, 0.25) is 0 Å². The normalized spacial score (nSPS) is 13.7. The average Bonchev–Trinajstić information content (AvgIpc) is 2.98. The molecule has 5 heteroatoms. The van der Waals surface area contributed by atoms with Gasteiger partial charge in [-0.2, -0.15) is 0 Å². The number of carboxylic acid groups (broad SMARTS) is 1. The lowest BCUT2D eigenvalue weighted by Crippen LogP contribution is -2.37. The highest BCUT2D eigenvalue weighted by molar-refractivity contribution is 5.79. The quantitative estimate of drug-likeness (QED) is 0.688. The zero-order valence-corrected chi connectivity index (χ0v) is 16.4. The maximum atomic E-state index is 12.3. The van der Waals surface area contributed by atoms with Crippen LogP contribution < -0.4 is 5.32 Å². The lowest BCUT2D eigenvalue weighted by Gasteiger charge is -2.19. The smallest absolute Gasteiger partial charge is 0.407 e. The molecule has 2 aromatic rings. The Kier molecular flexibility index (Phi) is 6.34. The van der Waals surface area contributed by atoms with E-state index in [4.69, 9.17) is 9.84 Å². The summed E-state index contributed by atoms with van der Waals surface area (Å²) in [5.41, 5.74) is 4.65. The van der Waals surface area contributed by atoms with E-state index in [1.807, 2.05) is 24.3 Å². The van der Waals surface area contributed by atoms with Crippen molar-refractivity contribution in [3.05, 3.63) is 59.7 Å². The van der Waals surface area contributed by atoms with Crippen molar-refractivity contribution in [3.63, 3.8) is 0 Å². The van der Waals surface area contributed by atoms with Gasteiger partial charge < -0.3 is 15.2 Å². The van der Waals surface area contributed by atoms with E-state index in [9.17, 15) is 9.59 Å². The summed E-state index contributed by atoms with van der Waals surface area (Å²) in [4.78, 5) is 23.4. The molecule has 2 N–H and O–H groups in total. The molecule has 0 heterocycles. The summed E-state index contributed by atoms with van der Waals surface area (Å²) < 4.78 is 5.52. The van der Waals surface area contributed by atoms with Crippen LogP contribution >= 0.6 is 0 Å². The second-order valence-corrected chi connectivity index (χ2v) is 7.74.